The second-order valence-corrected chi connectivity index (χ2v) is 4.55. The highest BCUT2D eigenvalue weighted by atomic mass is 16.4. The quantitative estimate of drug-likeness (QED) is 0.688. The molecule has 5 N–H and O–H groups in total. The molecule has 7 heteroatoms. The number of carbonyl (C=O) groups is 1. The van der Waals surface area contributed by atoms with Gasteiger partial charge in [0.2, 0.25) is 5.95 Å². The Morgan fingerprint density at radius 3 is 3.00 bits per heavy atom. The number of carboxylic acids is 1. The molecule has 1 aromatic heterocycles. The van der Waals surface area contributed by atoms with Gasteiger partial charge >= 0.3 is 5.97 Å². The monoisotopic (exact) mass is 251 g/mol. The molecular weight excluding hydrogens is 234 g/mol. The van der Waals surface area contributed by atoms with Crippen molar-refractivity contribution in [1.82, 2.24) is 14.9 Å². The molecule has 0 bridgehead atoms. The van der Waals surface area contributed by atoms with Crippen molar-refractivity contribution in [3.63, 3.8) is 0 Å². The number of likely N-dealkylation sites (tertiary alicyclic amines) is 1. The molecule has 0 aromatic carbocycles. The molecule has 0 aliphatic carbocycles. The largest absolute Gasteiger partial charge is 0.481 e. The lowest BCUT2D eigenvalue weighted by Crippen LogP contribution is -2.38. The Kier molecular flexibility index (Phi) is 3.61. The van der Waals surface area contributed by atoms with Crippen molar-refractivity contribution in [3.05, 3.63) is 11.8 Å². The molecule has 18 heavy (non-hydrogen) atoms. The lowest BCUT2D eigenvalue weighted by molar-refractivity contribution is -0.143. The lowest BCUT2D eigenvalue weighted by Gasteiger charge is -2.30. The molecule has 1 saturated heterocycles. The van der Waals surface area contributed by atoms with Crippen molar-refractivity contribution in [2.45, 2.75) is 19.4 Å². The highest BCUT2D eigenvalue weighted by Crippen LogP contribution is 2.20. The summed E-state index contributed by atoms with van der Waals surface area (Å²) in [6.45, 7) is 1.97. The number of rotatable bonds is 3. The zero-order chi connectivity index (χ0) is 13.1. The van der Waals surface area contributed by atoms with Gasteiger partial charge in [0, 0.05) is 24.8 Å². The molecule has 98 valence electrons. The van der Waals surface area contributed by atoms with E-state index in [4.69, 9.17) is 16.6 Å². The second-order valence-electron chi connectivity index (χ2n) is 4.55. The average Bonchev–Trinajstić information content (AvgIpc) is 2.33. The van der Waals surface area contributed by atoms with Crippen molar-refractivity contribution >= 4 is 17.7 Å². The van der Waals surface area contributed by atoms with Crippen LogP contribution in [0.3, 0.4) is 0 Å². The van der Waals surface area contributed by atoms with E-state index in [9.17, 15) is 4.79 Å². The Morgan fingerprint density at radius 1 is 1.56 bits per heavy atom. The molecule has 2 heterocycles. The Balaban J connectivity index is 2.02. The third kappa shape index (κ3) is 2.86. The van der Waals surface area contributed by atoms with Crippen LogP contribution in [0.25, 0.3) is 0 Å². The van der Waals surface area contributed by atoms with Gasteiger partial charge in [-0.15, -0.1) is 0 Å². The summed E-state index contributed by atoms with van der Waals surface area (Å²) in [6, 6.07) is 0. The van der Waals surface area contributed by atoms with Crippen molar-refractivity contribution in [2.75, 3.05) is 24.6 Å². The summed E-state index contributed by atoms with van der Waals surface area (Å²) in [6.07, 6.45) is 3.22. The molecule has 1 fully saturated rings. The number of nitrogens with zero attached hydrogens (tertiary/aromatic N) is 3. The van der Waals surface area contributed by atoms with Crippen molar-refractivity contribution in [1.29, 1.82) is 0 Å². The van der Waals surface area contributed by atoms with Crippen molar-refractivity contribution < 1.29 is 9.90 Å². The van der Waals surface area contributed by atoms with Gasteiger partial charge in [-0.05, 0) is 19.4 Å². The normalized spacial score (nSPS) is 20.8. The van der Waals surface area contributed by atoms with E-state index in [-0.39, 0.29) is 11.9 Å². The van der Waals surface area contributed by atoms with E-state index in [1.54, 1.807) is 6.20 Å². The topological polar surface area (TPSA) is 118 Å². The Morgan fingerprint density at radius 2 is 2.33 bits per heavy atom. The van der Waals surface area contributed by atoms with E-state index < -0.39 is 5.97 Å². The molecule has 1 aliphatic heterocycles. The van der Waals surface area contributed by atoms with Crippen LogP contribution in [0.1, 0.15) is 18.4 Å². The number of carboxylic acid groups (broad SMARTS) is 1. The SMILES string of the molecule is Nc1ncc(CN2CCCC(C(=O)O)C2)c(N)n1. The van der Waals surface area contributed by atoms with E-state index in [1.807, 2.05) is 0 Å². The molecular formula is C11H17N5O2. The maximum atomic E-state index is 11.0. The van der Waals surface area contributed by atoms with Gasteiger partial charge in [-0.25, -0.2) is 4.98 Å². The van der Waals surface area contributed by atoms with Crippen LogP contribution in [0.15, 0.2) is 6.20 Å². The third-order valence-electron chi connectivity index (χ3n) is 3.17. The maximum Gasteiger partial charge on any atom is 0.307 e. The standard InChI is InChI=1S/C11H17N5O2/c12-9-8(4-14-11(13)15-9)6-16-3-1-2-7(5-16)10(17)18/h4,7H,1-3,5-6H2,(H,17,18)(H4,12,13,14,15). The van der Waals surface area contributed by atoms with Gasteiger partial charge in [0.25, 0.3) is 0 Å². The van der Waals surface area contributed by atoms with Crippen molar-refractivity contribution in [3.8, 4) is 0 Å². The number of piperidine rings is 1. The van der Waals surface area contributed by atoms with Gasteiger partial charge in [-0.1, -0.05) is 0 Å². The van der Waals surface area contributed by atoms with Gasteiger partial charge in [-0.3, -0.25) is 9.69 Å². The van der Waals surface area contributed by atoms with Crippen LogP contribution in [0, 0.1) is 5.92 Å². The predicted molar refractivity (Wildman–Crippen MR) is 66.5 cm³/mol. The number of nitrogen functional groups attached to an aromatic ring is 2. The van der Waals surface area contributed by atoms with E-state index in [1.165, 1.54) is 0 Å². The molecule has 2 rings (SSSR count). The summed E-state index contributed by atoms with van der Waals surface area (Å²) < 4.78 is 0. The average molecular weight is 251 g/mol. The fourth-order valence-electron chi connectivity index (χ4n) is 2.20. The van der Waals surface area contributed by atoms with Crippen LogP contribution >= 0.6 is 0 Å². The predicted octanol–water partition coefficient (Wildman–Crippen LogP) is -0.0624. The molecule has 0 amide bonds. The van der Waals surface area contributed by atoms with Gasteiger partial charge in [0.05, 0.1) is 5.92 Å². The summed E-state index contributed by atoms with van der Waals surface area (Å²) in [4.78, 5) is 20.8. The first-order chi connectivity index (χ1) is 8.56. The smallest absolute Gasteiger partial charge is 0.307 e. The van der Waals surface area contributed by atoms with Gasteiger partial charge in [0.15, 0.2) is 0 Å². The molecule has 0 radical (unpaired) electrons. The summed E-state index contributed by atoms with van der Waals surface area (Å²) in [7, 11) is 0. The van der Waals surface area contributed by atoms with E-state index in [0.29, 0.717) is 18.9 Å². The maximum absolute atomic E-state index is 11.0. The Bertz CT molecular complexity index is 451. The van der Waals surface area contributed by atoms with Gasteiger partial charge in [-0.2, -0.15) is 4.98 Å². The summed E-state index contributed by atoms with van der Waals surface area (Å²) in [5.41, 5.74) is 12.0. The first kappa shape index (κ1) is 12.6. The number of aromatic nitrogens is 2. The molecule has 0 saturated carbocycles. The molecule has 1 unspecified atom stereocenters. The number of nitrogens with two attached hydrogens (primary N) is 2. The number of hydrogen-bond acceptors (Lipinski definition) is 6. The first-order valence-corrected chi connectivity index (χ1v) is 5.88. The minimum Gasteiger partial charge on any atom is -0.481 e. The second kappa shape index (κ2) is 5.18. The summed E-state index contributed by atoms with van der Waals surface area (Å²) >= 11 is 0. The van der Waals surface area contributed by atoms with Crippen LogP contribution in [0.5, 0.6) is 0 Å². The Hall–Kier alpha value is -1.89. The first-order valence-electron chi connectivity index (χ1n) is 5.88. The van der Waals surface area contributed by atoms with Crippen molar-refractivity contribution in [2.24, 2.45) is 5.92 Å². The molecule has 0 spiro atoms. The highest BCUT2D eigenvalue weighted by molar-refractivity contribution is 5.70. The third-order valence-corrected chi connectivity index (χ3v) is 3.17. The van der Waals surface area contributed by atoms with Crippen LogP contribution in [-0.4, -0.2) is 39.0 Å². The zero-order valence-corrected chi connectivity index (χ0v) is 10.0. The van der Waals surface area contributed by atoms with Crippen LogP contribution in [0.4, 0.5) is 11.8 Å². The fraction of sp³-hybridized carbons (Fsp3) is 0.545. The molecule has 1 atom stereocenters. The lowest BCUT2D eigenvalue weighted by atomic mass is 9.98. The molecule has 1 aliphatic rings. The van der Waals surface area contributed by atoms with E-state index >= 15 is 0 Å². The number of aliphatic carboxylic acids is 1. The highest BCUT2D eigenvalue weighted by Gasteiger charge is 2.25. The number of anilines is 2. The van der Waals surface area contributed by atoms with E-state index in [0.717, 1.165) is 24.9 Å². The molecule has 7 nitrogen and oxygen atoms in total. The van der Waals surface area contributed by atoms with Gasteiger partial charge in [0.1, 0.15) is 5.82 Å². The summed E-state index contributed by atoms with van der Waals surface area (Å²) in [5, 5.41) is 9.02. The van der Waals surface area contributed by atoms with Crippen LogP contribution in [0.2, 0.25) is 0 Å². The summed E-state index contributed by atoms with van der Waals surface area (Å²) in [5.74, 6) is -0.519. The minimum atomic E-state index is -0.735. The Labute approximate surface area is 105 Å². The molecule has 1 aromatic rings. The van der Waals surface area contributed by atoms with E-state index in [2.05, 4.69) is 14.9 Å². The van der Waals surface area contributed by atoms with Crippen LogP contribution < -0.4 is 11.5 Å². The fourth-order valence-corrected chi connectivity index (χ4v) is 2.20. The minimum absolute atomic E-state index is 0.151. The van der Waals surface area contributed by atoms with Gasteiger partial charge < -0.3 is 16.6 Å². The zero-order valence-electron chi connectivity index (χ0n) is 10.0. The van der Waals surface area contributed by atoms with Crippen LogP contribution in [-0.2, 0) is 11.3 Å². The number of hydrogen-bond donors (Lipinski definition) is 3.